The van der Waals surface area contributed by atoms with Crippen LogP contribution in [-0.2, 0) is 15.0 Å². The third-order valence-corrected chi connectivity index (χ3v) is 4.18. The first kappa shape index (κ1) is 14.3. The number of carbonyl (C=O) groups is 1. The Kier molecular flexibility index (Phi) is 4.83. The average Bonchev–Trinajstić information content (AvgIpc) is 2.26. The van der Waals surface area contributed by atoms with Crippen LogP contribution in [0.1, 0.15) is 0 Å². The van der Waals surface area contributed by atoms with Gasteiger partial charge in [-0.1, -0.05) is 0 Å². The Balaban J connectivity index is 2.48. The molecule has 0 amide bonds. The minimum absolute atomic E-state index is 0.302. The van der Waals surface area contributed by atoms with Crippen molar-refractivity contribution in [2.24, 2.45) is 5.73 Å². The molecule has 0 unspecified atom stereocenters. The summed E-state index contributed by atoms with van der Waals surface area (Å²) in [6.45, 7) is 1.81. The molecule has 0 aromatic heterocycles. The molecule has 0 saturated carbocycles. The minimum atomic E-state index is -3.62. The van der Waals surface area contributed by atoms with Crippen LogP contribution in [-0.4, -0.2) is 74.5 Å². The normalized spacial score (nSPS) is 21.3. The number of likely N-dealkylation sites (N-methyl/N-ethyl adjacent to an activating group) is 1. The quantitative estimate of drug-likeness (QED) is 0.506. The van der Waals surface area contributed by atoms with Gasteiger partial charge in [0.1, 0.15) is 6.04 Å². The van der Waals surface area contributed by atoms with Crippen molar-refractivity contribution < 1.29 is 18.3 Å². The van der Waals surface area contributed by atoms with Crippen molar-refractivity contribution in [2.45, 2.75) is 6.04 Å². The molecule has 0 aromatic carbocycles. The van der Waals surface area contributed by atoms with E-state index in [1.54, 1.807) is 0 Å². The molecule has 0 aromatic rings. The van der Waals surface area contributed by atoms with Crippen LogP contribution in [0.3, 0.4) is 0 Å². The zero-order valence-electron chi connectivity index (χ0n) is 9.66. The Morgan fingerprint density at radius 2 is 1.94 bits per heavy atom. The summed E-state index contributed by atoms with van der Waals surface area (Å²) in [5, 5.41) is 8.54. The van der Waals surface area contributed by atoms with Crippen molar-refractivity contribution in [2.75, 3.05) is 39.8 Å². The van der Waals surface area contributed by atoms with E-state index in [9.17, 15) is 13.2 Å². The van der Waals surface area contributed by atoms with Crippen molar-refractivity contribution in [3.05, 3.63) is 0 Å². The van der Waals surface area contributed by atoms with E-state index < -0.39 is 22.2 Å². The van der Waals surface area contributed by atoms with Gasteiger partial charge in [-0.05, 0) is 7.05 Å². The minimum Gasteiger partial charge on any atom is -0.480 e. The third kappa shape index (κ3) is 4.21. The van der Waals surface area contributed by atoms with Crippen molar-refractivity contribution in [3.8, 4) is 0 Å². The van der Waals surface area contributed by atoms with Gasteiger partial charge in [0.15, 0.2) is 0 Å². The molecule has 1 rings (SSSR count). The molecule has 8 nitrogen and oxygen atoms in total. The summed E-state index contributed by atoms with van der Waals surface area (Å²) in [7, 11) is -1.71. The summed E-state index contributed by atoms with van der Waals surface area (Å²) in [6.07, 6.45) is 0. The molecule has 0 bridgehead atoms. The Bertz CT molecular complexity index is 364. The lowest BCUT2D eigenvalue weighted by Gasteiger charge is -2.31. The van der Waals surface area contributed by atoms with Gasteiger partial charge >= 0.3 is 5.97 Å². The van der Waals surface area contributed by atoms with E-state index in [4.69, 9.17) is 10.8 Å². The van der Waals surface area contributed by atoms with Gasteiger partial charge in [-0.25, -0.2) is 0 Å². The van der Waals surface area contributed by atoms with Gasteiger partial charge < -0.3 is 15.7 Å². The van der Waals surface area contributed by atoms with Crippen LogP contribution in [0.25, 0.3) is 0 Å². The molecule has 1 aliphatic rings. The van der Waals surface area contributed by atoms with Gasteiger partial charge in [0.25, 0.3) is 10.2 Å². The monoisotopic (exact) mass is 266 g/mol. The number of piperazine rings is 1. The van der Waals surface area contributed by atoms with Gasteiger partial charge in [0.2, 0.25) is 0 Å². The molecule has 1 atom stereocenters. The van der Waals surface area contributed by atoms with Crippen molar-refractivity contribution in [1.82, 2.24) is 13.9 Å². The molecule has 4 N–H and O–H groups in total. The second-order valence-electron chi connectivity index (χ2n) is 4.00. The summed E-state index contributed by atoms with van der Waals surface area (Å²) >= 11 is 0. The summed E-state index contributed by atoms with van der Waals surface area (Å²) < 4.78 is 27.0. The number of hydrogen-bond acceptors (Lipinski definition) is 5. The lowest BCUT2D eigenvalue weighted by molar-refractivity contribution is -0.138. The fourth-order valence-corrected chi connectivity index (χ4v) is 2.62. The second kappa shape index (κ2) is 5.74. The molecule has 0 spiro atoms. The lowest BCUT2D eigenvalue weighted by Crippen LogP contribution is -2.53. The Labute approximate surface area is 101 Å². The summed E-state index contributed by atoms with van der Waals surface area (Å²) in [5.41, 5.74) is 5.22. The predicted molar refractivity (Wildman–Crippen MR) is 61.6 cm³/mol. The molecule has 17 heavy (non-hydrogen) atoms. The zero-order chi connectivity index (χ0) is 13.1. The van der Waals surface area contributed by atoms with Crippen LogP contribution in [0.5, 0.6) is 0 Å². The number of rotatable bonds is 5. The van der Waals surface area contributed by atoms with Crippen LogP contribution in [0.2, 0.25) is 0 Å². The fraction of sp³-hybridized carbons (Fsp3) is 0.875. The largest absolute Gasteiger partial charge is 0.480 e. The standard InChI is InChI=1S/C8H18N4O4S/c1-11-2-4-12(5-3-11)17(15,16)10-6-7(9)8(13)14/h7,10H,2-6,9H2,1H3,(H,13,14)/t7-/m0/s1. The average molecular weight is 266 g/mol. The number of nitrogens with two attached hydrogens (primary N) is 1. The number of carboxylic acids is 1. The fourth-order valence-electron chi connectivity index (χ4n) is 1.40. The van der Waals surface area contributed by atoms with Gasteiger partial charge in [0, 0.05) is 32.7 Å². The van der Waals surface area contributed by atoms with Crippen molar-refractivity contribution in [1.29, 1.82) is 0 Å². The highest BCUT2D eigenvalue weighted by Crippen LogP contribution is 2.03. The predicted octanol–water partition coefficient (Wildman–Crippen LogP) is -2.52. The first-order valence-corrected chi connectivity index (χ1v) is 6.68. The number of carboxylic acid groups (broad SMARTS) is 1. The van der Waals surface area contributed by atoms with Gasteiger partial charge in [0.05, 0.1) is 0 Å². The van der Waals surface area contributed by atoms with E-state index in [-0.39, 0.29) is 6.54 Å². The Morgan fingerprint density at radius 1 is 1.41 bits per heavy atom. The highest BCUT2D eigenvalue weighted by Gasteiger charge is 2.26. The van der Waals surface area contributed by atoms with Crippen LogP contribution in [0.15, 0.2) is 0 Å². The van der Waals surface area contributed by atoms with E-state index >= 15 is 0 Å². The highest BCUT2D eigenvalue weighted by atomic mass is 32.2. The topological polar surface area (TPSA) is 116 Å². The second-order valence-corrected chi connectivity index (χ2v) is 5.76. The first-order chi connectivity index (χ1) is 7.83. The maximum absolute atomic E-state index is 11.8. The van der Waals surface area contributed by atoms with E-state index in [0.29, 0.717) is 26.2 Å². The third-order valence-electron chi connectivity index (χ3n) is 2.61. The smallest absolute Gasteiger partial charge is 0.321 e. The maximum Gasteiger partial charge on any atom is 0.321 e. The molecule has 1 heterocycles. The molecular formula is C8H18N4O4S. The molecule has 100 valence electrons. The molecule has 0 radical (unpaired) electrons. The zero-order valence-corrected chi connectivity index (χ0v) is 10.5. The number of nitrogens with one attached hydrogen (secondary N) is 1. The lowest BCUT2D eigenvalue weighted by atomic mass is 10.3. The van der Waals surface area contributed by atoms with Crippen LogP contribution >= 0.6 is 0 Å². The van der Waals surface area contributed by atoms with Crippen molar-refractivity contribution in [3.63, 3.8) is 0 Å². The number of nitrogens with zero attached hydrogens (tertiary/aromatic N) is 2. The van der Waals surface area contributed by atoms with Gasteiger partial charge in [-0.15, -0.1) is 0 Å². The van der Waals surface area contributed by atoms with Crippen LogP contribution in [0.4, 0.5) is 0 Å². The molecule has 1 saturated heterocycles. The number of hydrogen-bond donors (Lipinski definition) is 3. The Morgan fingerprint density at radius 3 is 2.41 bits per heavy atom. The van der Waals surface area contributed by atoms with Crippen LogP contribution in [0, 0.1) is 0 Å². The SMILES string of the molecule is CN1CCN(S(=O)(=O)NC[C@H](N)C(=O)O)CC1. The van der Waals surface area contributed by atoms with Gasteiger partial charge in [-0.2, -0.15) is 17.4 Å². The van der Waals surface area contributed by atoms with E-state index in [2.05, 4.69) is 4.72 Å². The highest BCUT2D eigenvalue weighted by molar-refractivity contribution is 7.87. The summed E-state index contributed by atoms with van der Waals surface area (Å²) in [4.78, 5) is 12.5. The molecule has 1 fully saturated rings. The first-order valence-electron chi connectivity index (χ1n) is 5.24. The Hall–Kier alpha value is -0.740. The van der Waals surface area contributed by atoms with E-state index in [1.165, 1.54) is 4.31 Å². The van der Waals surface area contributed by atoms with E-state index in [0.717, 1.165) is 0 Å². The summed E-state index contributed by atoms with van der Waals surface area (Å²) in [5.74, 6) is -1.23. The molecule has 1 aliphatic heterocycles. The molecular weight excluding hydrogens is 248 g/mol. The van der Waals surface area contributed by atoms with Gasteiger partial charge in [-0.3, -0.25) is 4.79 Å². The number of aliphatic carboxylic acids is 1. The van der Waals surface area contributed by atoms with Crippen LogP contribution < -0.4 is 10.5 Å². The maximum atomic E-state index is 11.8. The molecule has 9 heteroatoms. The molecule has 0 aliphatic carbocycles. The summed E-state index contributed by atoms with van der Waals surface area (Å²) in [6, 6.07) is -1.22. The van der Waals surface area contributed by atoms with Crippen molar-refractivity contribution >= 4 is 16.2 Å². The van der Waals surface area contributed by atoms with E-state index in [1.807, 2.05) is 11.9 Å².